The molecule has 0 bridgehead atoms. The van der Waals surface area contributed by atoms with Gasteiger partial charge < -0.3 is 14.9 Å². The highest BCUT2D eigenvalue weighted by Crippen LogP contribution is 2.20. The van der Waals surface area contributed by atoms with E-state index in [1.165, 1.54) is 54.2 Å². The van der Waals surface area contributed by atoms with Crippen LogP contribution < -0.4 is 16.6 Å². The number of carbonyl (C=O) groups excluding carboxylic acids is 1. The lowest BCUT2D eigenvalue weighted by atomic mass is 10.2. The van der Waals surface area contributed by atoms with Gasteiger partial charge in [0.1, 0.15) is 11.3 Å². The summed E-state index contributed by atoms with van der Waals surface area (Å²) in [6.07, 6.45) is 1.36. The highest BCUT2D eigenvalue weighted by atomic mass is 19.1. The third-order valence-electron chi connectivity index (χ3n) is 4.67. The lowest BCUT2D eigenvalue weighted by Gasteiger charge is -2.06. The van der Waals surface area contributed by atoms with Crippen molar-refractivity contribution in [3.63, 3.8) is 0 Å². The number of nitro benzene ring substituents is 1. The van der Waals surface area contributed by atoms with Gasteiger partial charge in [0, 0.05) is 31.1 Å². The number of anilines is 1. The number of nitrogens with zero attached hydrogens (tertiary/aromatic N) is 3. The molecule has 31 heavy (non-hydrogen) atoms. The first-order valence-corrected chi connectivity index (χ1v) is 8.92. The molecule has 0 unspecified atom stereocenters. The van der Waals surface area contributed by atoms with Crippen molar-refractivity contribution in [2.75, 3.05) is 5.32 Å². The quantitative estimate of drug-likeness (QED) is 0.384. The molecule has 4 rings (SSSR count). The highest BCUT2D eigenvalue weighted by molar-refractivity contribution is 6.11. The van der Waals surface area contributed by atoms with Gasteiger partial charge in [0.05, 0.1) is 21.7 Å². The second-order valence-corrected chi connectivity index (χ2v) is 6.69. The third-order valence-corrected chi connectivity index (χ3v) is 4.67. The summed E-state index contributed by atoms with van der Waals surface area (Å²) in [6.45, 7) is 0. The molecule has 2 N–H and O–H groups in total. The van der Waals surface area contributed by atoms with Gasteiger partial charge in [-0.1, -0.05) is 6.07 Å². The lowest BCUT2D eigenvalue weighted by molar-refractivity contribution is -0.384. The molecule has 2 aromatic heterocycles. The number of benzene rings is 2. The number of aromatic amines is 1. The SMILES string of the molecule is Cn1cc(C(=O)Nc2cccc([N+](=O)[O-])c2)c2[nH]c(=O)n(-c3ccc(F)cc3)c(=O)c21. The molecule has 0 fully saturated rings. The van der Waals surface area contributed by atoms with Crippen LogP contribution in [0.1, 0.15) is 10.4 Å². The molecule has 1 amide bonds. The summed E-state index contributed by atoms with van der Waals surface area (Å²) in [6, 6.07) is 10.2. The molecule has 0 spiro atoms. The number of nitro groups is 1. The third kappa shape index (κ3) is 3.48. The maximum Gasteiger partial charge on any atom is 0.333 e. The van der Waals surface area contributed by atoms with Gasteiger partial charge in [-0.2, -0.15) is 0 Å². The van der Waals surface area contributed by atoms with Gasteiger partial charge in [0.25, 0.3) is 17.2 Å². The summed E-state index contributed by atoms with van der Waals surface area (Å²) in [7, 11) is 1.53. The number of aromatic nitrogens is 3. The van der Waals surface area contributed by atoms with Crippen LogP contribution >= 0.6 is 0 Å². The van der Waals surface area contributed by atoms with Gasteiger partial charge >= 0.3 is 5.69 Å². The number of hydrogen-bond acceptors (Lipinski definition) is 5. The Labute approximate surface area is 172 Å². The Hall–Kier alpha value is -4.54. The number of nitrogens with one attached hydrogen (secondary N) is 2. The van der Waals surface area contributed by atoms with E-state index in [0.717, 1.165) is 16.7 Å². The Morgan fingerprint density at radius 1 is 1.16 bits per heavy atom. The predicted octanol–water partition coefficient (Wildman–Crippen LogP) is 2.32. The number of fused-ring (bicyclic) bond motifs is 1. The molecule has 2 aromatic carbocycles. The molecule has 10 nitrogen and oxygen atoms in total. The fourth-order valence-electron chi connectivity index (χ4n) is 3.26. The molecule has 156 valence electrons. The van der Waals surface area contributed by atoms with Crippen molar-refractivity contribution in [2.24, 2.45) is 7.05 Å². The van der Waals surface area contributed by atoms with E-state index in [1.54, 1.807) is 0 Å². The predicted molar refractivity (Wildman–Crippen MR) is 110 cm³/mol. The van der Waals surface area contributed by atoms with E-state index in [9.17, 15) is 28.9 Å². The second kappa shape index (κ2) is 7.37. The Kier molecular flexibility index (Phi) is 4.70. The molecule has 0 aliphatic rings. The van der Waals surface area contributed by atoms with E-state index in [-0.39, 0.29) is 33.7 Å². The van der Waals surface area contributed by atoms with E-state index in [0.29, 0.717) is 0 Å². The zero-order chi connectivity index (χ0) is 22.3. The first-order chi connectivity index (χ1) is 14.8. The number of aryl methyl sites for hydroxylation is 1. The van der Waals surface area contributed by atoms with Gasteiger partial charge in [-0.05, 0) is 30.3 Å². The number of hydrogen-bond donors (Lipinski definition) is 2. The fourth-order valence-corrected chi connectivity index (χ4v) is 3.26. The summed E-state index contributed by atoms with van der Waals surface area (Å²) < 4.78 is 15.4. The molecular weight excluding hydrogens is 409 g/mol. The summed E-state index contributed by atoms with van der Waals surface area (Å²) >= 11 is 0. The minimum Gasteiger partial charge on any atom is -0.344 e. The van der Waals surface area contributed by atoms with Crippen LogP contribution in [-0.2, 0) is 7.05 Å². The van der Waals surface area contributed by atoms with E-state index >= 15 is 0 Å². The molecule has 0 aliphatic carbocycles. The van der Waals surface area contributed by atoms with Crippen LogP contribution in [-0.4, -0.2) is 24.9 Å². The molecule has 0 aliphatic heterocycles. The van der Waals surface area contributed by atoms with Gasteiger partial charge in [-0.3, -0.25) is 19.7 Å². The summed E-state index contributed by atoms with van der Waals surface area (Å²) in [5.41, 5.74) is -1.29. The average Bonchev–Trinajstić information content (AvgIpc) is 3.06. The summed E-state index contributed by atoms with van der Waals surface area (Å²) in [5.74, 6) is -1.19. The molecule has 0 radical (unpaired) electrons. The van der Waals surface area contributed by atoms with E-state index in [2.05, 4.69) is 10.3 Å². The zero-order valence-corrected chi connectivity index (χ0v) is 16.0. The van der Waals surface area contributed by atoms with E-state index in [1.807, 2.05) is 0 Å². The van der Waals surface area contributed by atoms with Crippen molar-refractivity contribution in [3.05, 3.63) is 97.1 Å². The number of non-ortho nitro benzene ring substituents is 1. The number of carbonyl (C=O) groups is 1. The smallest absolute Gasteiger partial charge is 0.333 e. The Bertz CT molecular complexity index is 1470. The van der Waals surface area contributed by atoms with Crippen LogP contribution in [0, 0.1) is 15.9 Å². The van der Waals surface area contributed by atoms with Crippen molar-refractivity contribution in [1.82, 2.24) is 14.1 Å². The molecule has 4 aromatic rings. The van der Waals surface area contributed by atoms with Crippen LogP contribution in [0.3, 0.4) is 0 Å². The lowest BCUT2D eigenvalue weighted by Crippen LogP contribution is -2.34. The number of halogens is 1. The Morgan fingerprint density at radius 2 is 1.87 bits per heavy atom. The van der Waals surface area contributed by atoms with Crippen molar-refractivity contribution in [3.8, 4) is 5.69 Å². The number of rotatable bonds is 4. The minimum atomic E-state index is -0.806. The van der Waals surface area contributed by atoms with E-state index < -0.39 is 27.9 Å². The molecule has 0 saturated carbocycles. The van der Waals surface area contributed by atoms with Gasteiger partial charge in [-0.25, -0.2) is 13.8 Å². The van der Waals surface area contributed by atoms with Crippen molar-refractivity contribution < 1.29 is 14.1 Å². The summed E-state index contributed by atoms with van der Waals surface area (Å²) in [4.78, 5) is 51.2. The molecule has 11 heteroatoms. The topological polar surface area (TPSA) is 132 Å². The molecule has 0 atom stereocenters. The van der Waals surface area contributed by atoms with Crippen LogP contribution in [0.4, 0.5) is 15.8 Å². The molecule has 0 saturated heterocycles. The van der Waals surface area contributed by atoms with E-state index in [4.69, 9.17) is 0 Å². The minimum absolute atomic E-state index is 0.00413. The average molecular weight is 423 g/mol. The highest BCUT2D eigenvalue weighted by Gasteiger charge is 2.20. The van der Waals surface area contributed by atoms with Crippen LogP contribution in [0.15, 0.2) is 64.3 Å². The maximum absolute atomic E-state index is 13.2. The van der Waals surface area contributed by atoms with Crippen molar-refractivity contribution in [2.45, 2.75) is 0 Å². The summed E-state index contributed by atoms with van der Waals surface area (Å²) in [5, 5.41) is 13.4. The second-order valence-electron chi connectivity index (χ2n) is 6.69. The van der Waals surface area contributed by atoms with Gasteiger partial charge in [-0.15, -0.1) is 0 Å². The first kappa shape index (κ1) is 19.8. The Morgan fingerprint density at radius 3 is 2.55 bits per heavy atom. The van der Waals surface area contributed by atoms with Gasteiger partial charge in [0.2, 0.25) is 0 Å². The van der Waals surface area contributed by atoms with Crippen LogP contribution in [0.2, 0.25) is 0 Å². The monoisotopic (exact) mass is 423 g/mol. The standard InChI is InChI=1S/C20H14FN5O5/c1-24-10-15(18(27)22-12-3-2-4-14(9-12)26(30)31)16-17(24)19(28)25(20(29)23-16)13-7-5-11(21)6-8-13/h2-10H,1H3,(H,22,27)(H,23,29). The number of amides is 1. The number of H-pyrrole nitrogens is 1. The molecular formula is C20H14FN5O5. The van der Waals surface area contributed by atoms with Gasteiger partial charge in [0.15, 0.2) is 0 Å². The van der Waals surface area contributed by atoms with Crippen molar-refractivity contribution in [1.29, 1.82) is 0 Å². The molecule has 2 heterocycles. The zero-order valence-electron chi connectivity index (χ0n) is 16.0. The van der Waals surface area contributed by atoms with Crippen molar-refractivity contribution >= 4 is 28.3 Å². The van der Waals surface area contributed by atoms with Crippen LogP contribution in [0.25, 0.3) is 16.7 Å². The normalized spacial score (nSPS) is 10.9. The fraction of sp³-hybridized carbons (Fsp3) is 0.0500. The Balaban J connectivity index is 1.80. The first-order valence-electron chi connectivity index (χ1n) is 8.92. The largest absolute Gasteiger partial charge is 0.344 e. The maximum atomic E-state index is 13.2. The van der Waals surface area contributed by atoms with Crippen LogP contribution in [0.5, 0.6) is 0 Å².